The molecule has 0 aliphatic carbocycles. The van der Waals surface area contributed by atoms with E-state index in [1.165, 1.54) is 12.0 Å². The fraction of sp³-hybridized carbons (Fsp3) is 0.222. The van der Waals surface area contributed by atoms with Gasteiger partial charge >= 0.3 is 5.97 Å². The second kappa shape index (κ2) is 8.29. The summed E-state index contributed by atoms with van der Waals surface area (Å²) in [5, 5.41) is 4.76. The van der Waals surface area contributed by atoms with Crippen molar-refractivity contribution in [2.75, 3.05) is 18.2 Å². The summed E-state index contributed by atoms with van der Waals surface area (Å²) < 4.78 is 4.65. The largest absolute Gasteiger partial charge is 0.465 e. The maximum atomic E-state index is 12.1. The number of carbonyl (C=O) groups excluding carboxylic acids is 2. The van der Waals surface area contributed by atoms with Crippen LogP contribution in [0.2, 0.25) is 0 Å². The zero-order valence-electron chi connectivity index (χ0n) is 14.3. The first-order valence-corrected chi connectivity index (χ1v) is 9.69. The maximum Gasteiger partial charge on any atom is 0.337 e. The maximum absolute atomic E-state index is 12.1. The zero-order valence-corrected chi connectivity index (χ0v) is 15.9. The van der Waals surface area contributed by atoms with Crippen LogP contribution in [0.4, 0.5) is 5.69 Å². The monoisotopic (exact) mass is 387 g/mol. The summed E-state index contributed by atoms with van der Waals surface area (Å²) in [4.78, 5) is 34.2. The Morgan fingerprint density at radius 2 is 2.00 bits per heavy atom. The van der Waals surface area contributed by atoms with Crippen LogP contribution in [0.15, 0.2) is 41.7 Å². The molecule has 3 rings (SSSR count). The Morgan fingerprint density at radius 3 is 2.73 bits per heavy atom. The molecule has 2 heterocycles. The van der Waals surface area contributed by atoms with Crippen LogP contribution in [-0.4, -0.2) is 34.7 Å². The molecule has 0 atom stereocenters. The number of rotatable bonds is 6. The fourth-order valence-corrected chi connectivity index (χ4v) is 4.17. The Hall–Kier alpha value is -2.45. The molecule has 0 spiro atoms. The number of hydrogen-bond donors (Lipinski definition) is 1. The summed E-state index contributed by atoms with van der Waals surface area (Å²) in [6.45, 7) is 2.04. The molecular weight excluding hydrogens is 370 g/mol. The minimum Gasteiger partial charge on any atom is -0.465 e. The van der Waals surface area contributed by atoms with Crippen molar-refractivity contribution in [1.29, 1.82) is 0 Å². The van der Waals surface area contributed by atoms with E-state index in [2.05, 4.69) is 26.1 Å². The number of hydrogen-bond acceptors (Lipinski definition) is 7. The molecule has 0 fully saturated rings. The van der Waals surface area contributed by atoms with Crippen molar-refractivity contribution in [3.05, 3.63) is 47.1 Å². The minimum absolute atomic E-state index is 0.0879. The molecule has 1 N–H and O–H groups in total. The average molecular weight is 387 g/mol. The van der Waals surface area contributed by atoms with Crippen molar-refractivity contribution in [3.63, 3.8) is 0 Å². The SMILES string of the molecule is COC(=O)c1ccc(NC(=O)CCSc2ncnc3sc(C)cc23)cc1. The number of ether oxygens (including phenoxy) is 1. The summed E-state index contributed by atoms with van der Waals surface area (Å²) in [6.07, 6.45) is 1.92. The van der Waals surface area contributed by atoms with Gasteiger partial charge in [0.05, 0.1) is 12.7 Å². The molecule has 0 aliphatic rings. The first kappa shape index (κ1) is 18.3. The van der Waals surface area contributed by atoms with E-state index in [0.717, 1.165) is 15.2 Å². The molecule has 0 saturated carbocycles. The van der Waals surface area contributed by atoms with Crippen LogP contribution in [0.25, 0.3) is 10.2 Å². The third-order valence-electron chi connectivity index (χ3n) is 3.57. The molecule has 1 amide bonds. The molecule has 8 heteroatoms. The minimum atomic E-state index is -0.404. The highest BCUT2D eigenvalue weighted by Gasteiger charge is 2.10. The van der Waals surface area contributed by atoms with Crippen LogP contribution in [-0.2, 0) is 9.53 Å². The van der Waals surface area contributed by atoms with Crippen LogP contribution in [0.3, 0.4) is 0 Å². The van der Waals surface area contributed by atoms with E-state index in [0.29, 0.717) is 23.4 Å². The lowest BCUT2D eigenvalue weighted by atomic mass is 10.2. The summed E-state index contributed by atoms with van der Waals surface area (Å²) >= 11 is 3.18. The molecule has 134 valence electrons. The van der Waals surface area contributed by atoms with Crippen molar-refractivity contribution >= 4 is 50.9 Å². The number of esters is 1. The van der Waals surface area contributed by atoms with Crippen molar-refractivity contribution in [2.45, 2.75) is 18.4 Å². The van der Waals surface area contributed by atoms with E-state index in [9.17, 15) is 9.59 Å². The molecular formula is C18H17N3O3S2. The van der Waals surface area contributed by atoms with Crippen molar-refractivity contribution < 1.29 is 14.3 Å². The van der Waals surface area contributed by atoms with Gasteiger partial charge in [-0.15, -0.1) is 23.1 Å². The number of fused-ring (bicyclic) bond motifs is 1. The molecule has 0 aliphatic heterocycles. The number of aromatic nitrogens is 2. The second-order valence-corrected chi connectivity index (χ2v) is 7.79. The first-order chi connectivity index (χ1) is 12.6. The second-order valence-electron chi connectivity index (χ2n) is 5.47. The van der Waals surface area contributed by atoms with E-state index < -0.39 is 5.97 Å². The number of benzene rings is 1. The van der Waals surface area contributed by atoms with E-state index in [-0.39, 0.29) is 5.91 Å². The standard InChI is InChI=1S/C18H17N3O3S2/c1-11-9-14-16(19-10-20-17(14)26-11)25-8-7-15(22)21-13-5-3-12(4-6-13)18(23)24-2/h3-6,9-10H,7-8H2,1-2H3,(H,21,22). The van der Waals surface area contributed by atoms with Crippen LogP contribution in [0, 0.1) is 6.92 Å². The third kappa shape index (κ3) is 4.39. The lowest BCUT2D eigenvalue weighted by molar-refractivity contribution is -0.115. The smallest absolute Gasteiger partial charge is 0.337 e. The predicted molar refractivity (Wildman–Crippen MR) is 104 cm³/mol. The van der Waals surface area contributed by atoms with Gasteiger partial charge in [0.25, 0.3) is 0 Å². The number of carbonyl (C=O) groups is 2. The molecule has 6 nitrogen and oxygen atoms in total. The number of methoxy groups -OCH3 is 1. The Balaban J connectivity index is 1.53. The molecule has 0 bridgehead atoms. The molecule has 2 aromatic heterocycles. The number of aryl methyl sites for hydroxylation is 1. The molecule has 26 heavy (non-hydrogen) atoms. The quantitative estimate of drug-likeness (QED) is 0.392. The van der Waals surface area contributed by atoms with Gasteiger partial charge in [-0.05, 0) is 37.3 Å². The molecule has 0 radical (unpaired) electrons. The highest BCUT2D eigenvalue weighted by Crippen LogP contribution is 2.30. The van der Waals surface area contributed by atoms with E-state index in [1.807, 2.05) is 6.92 Å². The first-order valence-electron chi connectivity index (χ1n) is 7.89. The topological polar surface area (TPSA) is 81.2 Å². The van der Waals surface area contributed by atoms with Crippen LogP contribution < -0.4 is 5.32 Å². The lowest BCUT2D eigenvalue weighted by Gasteiger charge is -2.06. The van der Waals surface area contributed by atoms with Gasteiger partial charge in [-0.3, -0.25) is 4.79 Å². The summed E-state index contributed by atoms with van der Waals surface area (Å²) in [6, 6.07) is 8.67. The van der Waals surface area contributed by atoms with E-state index >= 15 is 0 Å². The van der Waals surface area contributed by atoms with Crippen molar-refractivity contribution in [2.24, 2.45) is 0 Å². The molecule has 0 unspecified atom stereocenters. The van der Waals surface area contributed by atoms with Gasteiger partial charge in [-0.1, -0.05) is 0 Å². The van der Waals surface area contributed by atoms with Crippen LogP contribution >= 0.6 is 23.1 Å². The number of thioether (sulfide) groups is 1. The molecule has 0 saturated heterocycles. The Labute approximate surface area is 159 Å². The van der Waals surface area contributed by atoms with Gasteiger partial charge < -0.3 is 10.1 Å². The van der Waals surface area contributed by atoms with E-state index in [1.54, 1.807) is 53.7 Å². The Morgan fingerprint density at radius 1 is 1.23 bits per heavy atom. The number of thiophene rings is 1. The van der Waals surface area contributed by atoms with Crippen molar-refractivity contribution in [3.8, 4) is 0 Å². The van der Waals surface area contributed by atoms with Crippen LogP contribution in [0.1, 0.15) is 21.7 Å². The van der Waals surface area contributed by atoms with Gasteiger partial charge in [0.1, 0.15) is 16.2 Å². The number of amides is 1. The van der Waals surface area contributed by atoms with Gasteiger partial charge in [0.15, 0.2) is 0 Å². The van der Waals surface area contributed by atoms with Gasteiger partial charge in [0.2, 0.25) is 5.91 Å². The molecule has 1 aromatic carbocycles. The van der Waals surface area contributed by atoms with Gasteiger partial charge in [0, 0.05) is 28.1 Å². The van der Waals surface area contributed by atoms with Gasteiger partial charge in [-0.2, -0.15) is 0 Å². The zero-order chi connectivity index (χ0) is 18.5. The normalized spacial score (nSPS) is 10.7. The average Bonchev–Trinajstić information content (AvgIpc) is 3.03. The summed E-state index contributed by atoms with van der Waals surface area (Å²) in [5.41, 5.74) is 1.09. The lowest BCUT2D eigenvalue weighted by Crippen LogP contribution is -2.12. The number of nitrogens with zero attached hydrogens (tertiary/aromatic N) is 2. The van der Waals surface area contributed by atoms with Gasteiger partial charge in [-0.25, -0.2) is 14.8 Å². The van der Waals surface area contributed by atoms with E-state index in [4.69, 9.17) is 0 Å². The predicted octanol–water partition coefficient (Wildman–Crippen LogP) is 3.91. The summed E-state index contributed by atoms with van der Waals surface area (Å²) in [7, 11) is 1.33. The fourth-order valence-electron chi connectivity index (χ4n) is 2.34. The van der Waals surface area contributed by atoms with Crippen molar-refractivity contribution in [1.82, 2.24) is 9.97 Å². The van der Waals surface area contributed by atoms with Crippen LogP contribution in [0.5, 0.6) is 0 Å². The number of nitrogens with one attached hydrogen (secondary N) is 1. The number of anilines is 1. The summed E-state index contributed by atoms with van der Waals surface area (Å²) in [5.74, 6) is 0.127. The highest BCUT2D eigenvalue weighted by molar-refractivity contribution is 7.99. The third-order valence-corrected chi connectivity index (χ3v) is 5.54. The Bertz CT molecular complexity index is 939. The molecule has 3 aromatic rings. The highest BCUT2D eigenvalue weighted by atomic mass is 32.2. The Kier molecular flexibility index (Phi) is 5.85.